The number of hydrogen-bond acceptors (Lipinski definition) is 6. The normalized spacial score (nSPS) is 15.8. The molecule has 1 fully saturated rings. The van der Waals surface area contributed by atoms with Gasteiger partial charge in [-0.2, -0.15) is 4.68 Å². The van der Waals surface area contributed by atoms with Gasteiger partial charge in [0.2, 0.25) is 0 Å². The maximum absolute atomic E-state index is 12.2. The summed E-state index contributed by atoms with van der Waals surface area (Å²) in [5.74, 6) is -0.457. The molecule has 1 aliphatic rings. The minimum absolute atomic E-state index is 0.0461. The van der Waals surface area contributed by atoms with Gasteiger partial charge in [0.25, 0.3) is 5.91 Å². The van der Waals surface area contributed by atoms with E-state index >= 15 is 0 Å². The molecule has 12 heteroatoms. The van der Waals surface area contributed by atoms with E-state index in [0.29, 0.717) is 4.68 Å². The predicted octanol–water partition coefficient (Wildman–Crippen LogP) is 0.495. The van der Waals surface area contributed by atoms with Crippen molar-refractivity contribution >= 4 is 11.6 Å². The molecule has 0 atom stereocenters. The van der Waals surface area contributed by atoms with Crippen LogP contribution in [-0.4, -0.2) is 49.3 Å². The highest BCUT2D eigenvalue weighted by molar-refractivity contribution is 5.97. The third-order valence-corrected chi connectivity index (χ3v) is 3.89. The molecule has 2 aromatic heterocycles. The number of imidazole rings is 1. The van der Waals surface area contributed by atoms with Gasteiger partial charge in [0.1, 0.15) is 6.33 Å². The largest absolute Gasteiger partial charge is 0.522 e. The third kappa shape index (κ3) is 3.95. The zero-order chi connectivity index (χ0) is 18.0. The fourth-order valence-electron chi connectivity index (χ4n) is 2.71. The molecule has 3 rings (SSSR count). The molecule has 0 aliphatic heterocycles. The first-order valence-corrected chi connectivity index (χ1v) is 7.67. The zero-order valence-electron chi connectivity index (χ0n) is 13.0. The predicted molar refractivity (Wildman–Crippen MR) is 76.8 cm³/mol. The molecule has 1 saturated carbocycles. The van der Waals surface area contributed by atoms with E-state index in [1.54, 1.807) is 0 Å². The maximum atomic E-state index is 12.2. The number of carbonyl (C=O) groups is 1. The summed E-state index contributed by atoms with van der Waals surface area (Å²) in [5, 5.41) is 10.1. The van der Waals surface area contributed by atoms with Crippen molar-refractivity contribution in [3.05, 3.63) is 22.5 Å². The van der Waals surface area contributed by atoms with E-state index in [1.165, 1.54) is 0 Å². The highest BCUT2D eigenvalue weighted by Crippen LogP contribution is 2.18. The Hall–Kier alpha value is -2.50. The maximum Gasteiger partial charge on any atom is 0.522 e. The van der Waals surface area contributed by atoms with E-state index in [0.717, 1.165) is 36.4 Å². The van der Waals surface area contributed by atoms with Crippen LogP contribution in [0.2, 0.25) is 0 Å². The van der Waals surface area contributed by atoms with Crippen LogP contribution in [0.15, 0.2) is 11.1 Å². The van der Waals surface area contributed by atoms with Crippen molar-refractivity contribution in [2.45, 2.75) is 44.6 Å². The van der Waals surface area contributed by atoms with E-state index < -0.39 is 31.1 Å². The summed E-state index contributed by atoms with van der Waals surface area (Å²) in [6.07, 6.45) is 0.155. The van der Waals surface area contributed by atoms with E-state index in [4.69, 9.17) is 0 Å². The average Bonchev–Trinajstić information content (AvgIpc) is 3.17. The summed E-state index contributed by atoms with van der Waals surface area (Å²) in [4.78, 5) is 28.3. The van der Waals surface area contributed by atoms with Gasteiger partial charge in [-0.15, -0.1) is 18.3 Å². The van der Waals surface area contributed by atoms with Crippen molar-refractivity contribution in [2.24, 2.45) is 0 Å². The Morgan fingerprint density at radius 2 is 2.08 bits per heavy atom. The molecule has 2 heterocycles. The Kier molecular flexibility index (Phi) is 4.70. The number of nitrogens with zero attached hydrogens (tertiary/aromatic N) is 5. The first-order valence-electron chi connectivity index (χ1n) is 7.67. The first-order chi connectivity index (χ1) is 11.8. The van der Waals surface area contributed by atoms with Crippen LogP contribution in [0, 0.1) is 0 Å². The Morgan fingerprint density at radius 1 is 1.36 bits per heavy atom. The van der Waals surface area contributed by atoms with Gasteiger partial charge in [-0.05, 0) is 12.8 Å². The lowest BCUT2D eigenvalue weighted by Crippen LogP contribution is -2.34. The smallest absolute Gasteiger partial charge is 0.348 e. The number of hydrogen-bond donors (Lipinski definition) is 1. The number of fused-ring (bicyclic) bond motifs is 1. The van der Waals surface area contributed by atoms with Crippen LogP contribution in [-0.2, 0) is 11.3 Å². The third-order valence-electron chi connectivity index (χ3n) is 3.89. The molecule has 9 nitrogen and oxygen atoms in total. The highest BCUT2D eigenvalue weighted by Gasteiger charge is 2.29. The lowest BCUT2D eigenvalue weighted by molar-refractivity contribution is -0.325. The Bertz CT molecular complexity index is 825. The van der Waals surface area contributed by atoms with Gasteiger partial charge in [0, 0.05) is 6.04 Å². The number of amides is 1. The molecule has 0 unspecified atom stereocenters. The van der Waals surface area contributed by atoms with Crippen molar-refractivity contribution in [3.8, 4) is 0 Å². The molecule has 1 N–H and O–H groups in total. The van der Waals surface area contributed by atoms with E-state index in [2.05, 4.69) is 25.3 Å². The highest BCUT2D eigenvalue weighted by atomic mass is 19.4. The van der Waals surface area contributed by atoms with Crippen molar-refractivity contribution in [1.82, 2.24) is 29.7 Å². The molecule has 0 saturated heterocycles. The van der Waals surface area contributed by atoms with Crippen LogP contribution in [0.3, 0.4) is 0 Å². The van der Waals surface area contributed by atoms with Crippen LogP contribution >= 0.6 is 0 Å². The summed E-state index contributed by atoms with van der Waals surface area (Å²) in [7, 11) is 0. The van der Waals surface area contributed by atoms with Gasteiger partial charge in [-0.1, -0.05) is 18.1 Å². The molecule has 0 radical (unpaired) electrons. The first kappa shape index (κ1) is 17.3. The number of nitrogens with one attached hydrogen (secondary N) is 1. The van der Waals surface area contributed by atoms with Gasteiger partial charge in [-0.3, -0.25) is 9.53 Å². The second-order valence-electron chi connectivity index (χ2n) is 5.63. The van der Waals surface area contributed by atoms with Crippen LogP contribution in [0.25, 0.3) is 5.65 Å². The number of alkyl halides is 3. The minimum atomic E-state index is -4.79. The summed E-state index contributed by atoms with van der Waals surface area (Å²) >= 11 is 0. The Morgan fingerprint density at radius 3 is 2.76 bits per heavy atom. The van der Waals surface area contributed by atoms with E-state index in [9.17, 15) is 22.8 Å². The van der Waals surface area contributed by atoms with Crippen molar-refractivity contribution < 1.29 is 22.7 Å². The molecule has 0 bridgehead atoms. The molecular weight excluding hydrogens is 345 g/mol. The second-order valence-corrected chi connectivity index (χ2v) is 5.63. The summed E-state index contributed by atoms with van der Waals surface area (Å²) in [6, 6.07) is 0.0668. The van der Waals surface area contributed by atoms with Gasteiger partial charge in [0.05, 0.1) is 13.2 Å². The van der Waals surface area contributed by atoms with Crippen LogP contribution in [0.5, 0.6) is 0 Å². The second kappa shape index (κ2) is 6.78. The summed E-state index contributed by atoms with van der Waals surface area (Å²) in [6.45, 7) is -1.23. The van der Waals surface area contributed by atoms with Crippen molar-refractivity contribution in [1.29, 1.82) is 0 Å². The van der Waals surface area contributed by atoms with Crippen molar-refractivity contribution in [3.63, 3.8) is 0 Å². The fraction of sp³-hybridized carbons (Fsp3) is 0.615. The number of carbonyl (C=O) groups excluding carboxylic acids is 1. The SMILES string of the molecule is O=C(NC1CCCC1)c1ncn2c(=O)n(CCOC(F)(F)F)nnc12. The summed E-state index contributed by atoms with van der Waals surface area (Å²) in [5.41, 5.74) is -0.855. The molecule has 136 valence electrons. The zero-order valence-corrected chi connectivity index (χ0v) is 13.0. The number of aromatic nitrogens is 5. The van der Waals surface area contributed by atoms with Gasteiger partial charge in [-0.25, -0.2) is 14.2 Å². The fourth-order valence-corrected chi connectivity index (χ4v) is 2.71. The molecule has 1 amide bonds. The van der Waals surface area contributed by atoms with Crippen LogP contribution in [0.1, 0.15) is 36.2 Å². The minimum Gasteiger partial charge on any atom is -0.348 e. The molecule has 2 aromatic rings. The van der Waals surface area contributed by atoms with Gasteiger partial charge >= 0.3 is 12.1 Å². The number of halogens is 3. The van der Waals surface area contributed by atoms with Gasteiger partial charge in [0.15, 0.2) is 11.3 Å². The van der Waals surface area contributed by atoms with Crippen molar-refractivity contribution in [2.75, 3.05) is 6.61 Å². The van der Waals surface area contributed by atoms with Crippen LogP contribution in [0.4, 0.5) is 13.2 Å². The molecule has 25 heavy (non-hydrogen) atoms. The number of ether oxygens (including phenoxy) is 1. The van der Waals surface area contributed by atoms with Crippen LogP contribution < -0.4 is 11.0 Å². The quantitative estimate of drug-likeness (QED) is 0.833. The van der Waals surface area contributed by atoms with Gasteiger partial charge < -0.3 is 5.32 Å². The average molecular weight is 360 g/mol. The number of rotatable bonds is 5. The molecule has 0 aromatic carbocycles. The Balaban J connectivity index is 1.76. The molecular formula is C13H15F3N6O3. The molecule has 1 aliphatic carbocycles. The summed E-state index contributed by atoms with van der Waals surface area (Å²) < 4.78 is 41.2. The monoisotopic (exact) mass is 360 g/mol. The molecule has 0 spiro atoms. The van der Waals surface area contributed by atoms with E-state index in [-0.39, 0.29) is 17.4 Å². The topological polar surface area (TPSA) is 103 Å². The lowest BCUT2D eigenvalue weighted by atomic mass is 10.2. The Labute approximate surface area is 138 Å². The van der Waals surface area contributed by atoms with E-state index in [1.807, 2.05) is 0 Å². The standard InChI is InChI=1S/C13H15F3N6O3/c14-13(15,16)25-6-5-22-12(24)21-7-17-9(10(21)19-20-22)11(23)18-8-3-1-2-4-8/h7-8H,1-6H2,(H,18,23). The lowest BCUT2D eigenvalue weighted by Gasteiger charge is -2.10.